The van der Waals surface area contributed by atoms with Crippen LogP contribution in [0.4, 0.5) is 10.1 Å². The summed E-state index contributed by atoms with van der Waals surface area (Å²) in [4.78, 5) is 24.6. The third-order valence-corrected chi connectivity index (χ3v) is 7.12. The molecular formula is C23H20FN3O4S. The van der Waals surface area contributed by atoms with Gasteiger partial charge in [-0.2, -0.15) is 0 Å². The van der Waals surface area contributed by atoms with Crippen molar-refractivity contribution in [1.29, 1.82) is 0 Å². The van der Waals surface area contributed by atoms with E-state index in [1.165, 1.54) is 40.7 Å². The van der Waals surface area contributed by atoms with Gasteiger partial charge in [0.1, 0.15) is 5.82 Å². The summed E-state index contributed by atoms with van der Waals surface area (Å²) in [6.07, 6.45) is 0.602. The highest BCUT2D eigenvalue weighted by atomic mass is 32.2. The minimum absolute atomic E-state index is 0.0291. The van der Waals surface area contributed by atoms with E-state index in [0.29, 0.717) is 12.1 Å². The second-order valence-corrected chi connectivity index (χ2v) is 9.24. The Balaban J connectivity index is 1.52. The molecule has 0 aliphatic carbocycles. The summed E-state index contributed by atoms with van der Waals surface area (Å²) in [5, 5.41) is 0. The van der Waals surface area contributed by atoms with Gasteiger partial charge in [-0.3, -0.25) is 24.7 Å². The average Bonchev–Trinajstić information content (AvgIpc) is 3.14. The Morgan fingerprint density at radius 2 is 1.56 bits per heavy atom. The maximum Gasteiger partial charge on any atom is 0.269 e. The zero-order chi connectivity index (χ0) is 22.9. The fraction of sp³-hybridized carbons (Fsp3) is 0.130. The van der Waals surface area contributed by atoms with E-state index in [-0.39, 0.29) is 22.1 Å². The van der Waals surface area contributed by atoms with E-state index in [1.54, 1.807) is 12.1 Å². The van der Waals surface area contributed by atoms with Crippen LogP contribution in [0, 0.1) is 5.82 Å². The first kappa shape index (κ1) is 21.5. The second-order valence-electron chi connectivity index (χ2n) is 7.43. The van der Waals surface area contributed by atoms with E-state index >= 15 is 0 Å². The molecule has 0 fully saturated rings. The number of carbonyl (C=O) groups is 2. The van der Waals surface area contributed by atoms with Crippen molar-refractivity contribution in [2.24, 2.45) is 0 Å². The number of fused-ring (bicyclic) bond motifs is 1. The van der Waals surface area contributed by atoms with Crippen LogP contribution >= 0.6 is 0 Å². The zero-order valence-corrected chi connectivity index (χ0v) is 17.9. The molecule has 1 aliphatic rings. The van der Waals surface area contributed by atoms with Crippen LogP contribution < -0.4 is 15.2 Å². The molecule has 3 aromatic carbocycles. The number of carbonyl (C=O) groups excluding carboxylic acids is 2. The second kappa shape index (κ2) is 8.43. The number of rotatable bonds is 4. The monoisotopic (exact) mass is 453 g/mol. The number of nitrogens with zero attached hydrogens (tertiary/aromatic N) is 1. The summed E-state index contributed by atoms with van der Waals surface area (Å²) in [6, 6.07) is 17.5. The molecule has 0 saturated heterocycles. The highest BCUT2D eigenvalue weighted by Gasteiger charge is 2.36. The van der Waals surface area contributed by atoms with Gasteiger partial charge in [0.05, 0.1) is 10.6 Å². The Morgan fingerprint density at radius 1 is 0.906 bits per heavy atom. The Bertz CT molecular complexity index is 1290. The Hall–Kier alpha value is -3.72. The van der Waals surface area contributed by atoms with Gasteiger partial charge >= 0.3 is 0 Å². The largest absolute Gasteiger partial charge is 0.269 e. The first-order valence-corrected chi connectivity index (χ1v) is 11.3. The maximum atomic E-state index is 13.4. The molecule has 0 saturated carbocycles. The molecule has 1 aliphatic heterocycles. The minimum atomic E-state index is -3.91. The summed E-state index contributed by atoms with van der Waals surface area (Å²) < 4.78 is 41.1. The van der Waals surface area contributed by atoms with Gasteiger partial charge in [0.25, 0.3) is 21.8 Å². The lowest BCUT2D eigenvalue weighted by Gasteiger charge is -2.24. The van der Waals surface area contributed by atoms with Gasteiger partial charge in [0.15, 0.2) is 0 Å². The van der Waals surface area contributed by atoms with Gasteiger partial charge in [-0.1, -0.05) is 24.3 Å². The van der Waals surface area contributed by atoms with E-state index in [1.807, 2.05) is 19.1 Å². The molecule has 0 aromatic heterocycles. The van der Waals surface area contributed by atoms with Gasteiger partial charge in [-0.05, 0) is 67.4 Å². The molecule has 7 nitrogen and oxygen atoms in total. The van der Waals surface area contributed by atoms with Crippen molar-refractivity contribution in [2.75, 3.05) is 4.31 Å². The number of hydrogen-bond donors (Lipinski definition) is 2. The number of anilines is 1. The normalized spacial score (nSPS) is 15.2. The standard InChI is InChI=1S/C23H20FN3O4S/c1-15-13-17-5-2-3-8-21(17)27(15)32(30,31)20-7-4-6-18(14-20)23(29)26-25-22(28)16-9-11-19(24)12-10-16/h2-12,14-15H,13H2,1H3,(H,25,28)(H,26,29)/t15-/m1/s1. The lowest BCUT2D eigenvalue weighted by molar-refractivity contribution is 0.0846. The molecule has 1 atom stereocenters. The minimum Gasteiger partial charge on any atom is -0.267 e. The summed E-state index contributed by atoms with van der Waals surface area (Å²) in [6.45, 7) is 1.83. The molecular weight excluding hydrogens is 433 g/mol. The van der Waals surface area contributed by atoms with Crippen molar-refractivity contribution in [3.63, 3.8) is 0 Å². The number of para-hydroxylation sites is 1. The van der Waals surface area contributed by atoms with Crippen LogP contribution in [0.3, 0.4) is 0 Å². The van der Waals surface area contributed by atoms with Crippen LogP contribution in [0.15, 0.2) is 77.7 Å². The SMILES string of the molecule is C[C@@H]1Cc2ccccc2N1S(=O)(=O)c1cccc(C(=O)NNC(=O)c2ccc(F)cc2)c1. The van der Waals surface area contributed by atoms with Gasteiger partial charge in [0, 0.05) is 17.2 Å². The van der Waals surface area contributed by atoms with E-state index in [4.69, 9.17) is 0 Å². The highest BCUT2D eigenvalue weighted by Crippen LogP contribution is 2.36. The van der Waals surface area contributed by atoms with Gasteiger partial charge in [0.2, 0.25) is 0 Å². The smallest absolute Gasteiger partial charge is 0.267 e. The number of nitrogens with one attached hydrogen (secondary N) is 2. The van der Waals surface area contributed by atoms with E-state index in [9.17, 15) is 22.4 Å². The molecule has 32 heavy (non-hydrogen) atoms. The molecule has 2 N–H and O–H groups in total. The fourth-order valence-electron chi connectivity index (χ4n) is 3.67. The van der Waals surface area contributed by atoms with Crippen molar-refractivity contribution in [1.82, 2.24) is 10.9 Å². The first-order chi connectivity index (χ1) is 15.3. The average molecular weight is 453 g/mol. The summed E-state index contributed by atoms with van der Waals surface area (Å²) in [5.74, 6) is -1.81. The van der Waals surface area contributed by atoms with Crippen molar-refractivity contribution >= 4 is 27.5 Å². The molecule has 164 valence electrons. The number of benzene rings is 3. The van der Waals surface area contributed by atoms with Crippen molar-refractivity contribution < 1.29 is 22.4 Å². The number of hydrazine groups is 1. The molecule has 0 spiro atoms. The predicted molar refractivity (Wildman–Crippen MR) is 117 cm³/mol. The van der Waals surface area contributed by atoms with Crippen LogP contribution in [0.1, 0.15) is 33.2 Å². The van der Waals surface area contributed by atoms with Crippen LogP contribution in [0.5, 0.6) is 0 Å². The molecule has 0 unspecified atom stereocenters. The molecule has 3 aromatic rings. The summed E-state index contributed by atoms with van der Waals surface area (Å²) in [7, 11) is -3.91. The molecule has 0 radical (unpaired) electrons. The first-order valence-electron chi connectivity index (χ1n) is 9.86. The van der Waals surface area contributed by atoms with Crippen LogP contribution in [-0.4, -0.2) is 26.3 Å². The Labute approximate surface area is 184 Å². The van der Waals surface area contributed by atoms with E-state index in [2.05, 4.69) is 10.9 Å². The third-order valence-electron chi connectivity index (χ3n) is 5.19. The van der Waals surface area contributed by atoms with Crippen molar-refractivity contribution in [3.05, 3.63) is 95.3 Å². The fourth-order valence-corrected chi connectivity index (χ4v) is 5.41. The lowest BCUT2D eigenvalue weighted by atomic mass is 10.1. The van der Waals surface area contributed by atoms with E-state index < -0.39 is 27.7 Å². The number of hydrogen-bond acceptors (Lipinski definition) is 4. The molecule has 9 heteroatoms. The van der Waals surface area contributed by atoms with E-state index in [0.717, 1.165) is 17.7 Å². The van der Waals surface area contributed by atoms with Gasteiger partial charge in [-0.15, -0.1) is 0 Å². The molecule has 0 bridgehead atoms. The molecule has 4 rings (SSSR count). The van der Waals surface area contributed by atoms with Crippen LogP contribution in [-0.2, 0) is 16.4 Å². The highest BCUT2D eigenvalue weighted by molar-refractivity contribution is 7.92. The quantitative estimate of drug-likeness (QED) is 0.594. The lowest BCUT2D eigenvalue weighted by Crippen LogP contribution is -2.41. The van der Waals surface area contributed by atoms with Crippen LogP contribution in [0.2, 0.25) is 0 Å². The van der Waals surface area contributed by atoms with Crippen molar-refractivity contribution in [2.45, 2.75) is 24.3 Å². The predicted octanol–water partition coefficient (Wildman–Crippen LogP) is 3.04. The third kappa shape index (κ3) is 4.06. The van der Waals surface area contributed by atoms with Crippen LogP contribution in [0.25, 0.3) is 0 Å². The zero-order valence-electron chi connectivity index (χ0n) is 17.1. The molecule has 1 heterocycles. The topological polar surface area (TPSA) is 95.6 Å². The summed E-state index contributed by atoms with van der Waals surface area (Å²) in [5.41, 5.74) is 6.26. The molecule has 2 amide bonds. The summed E-state index contributed by atoms with van der Waals surface area (Å²) >= 11 is 0. The van der Waals surface area contributed by atoms with Gasteiger partial charge < -0.3 is 0 Å². The van der Waals surface area contributed by atoms with Crippen molar-refractivity contribution in [3.8, 4) is 0 Å². The Kier molecular flexibility index (Phi) is 5.67. The number of sulfonamides is 1. The number of amides is 2. The Morgan fingerprint density at radius 3 is 2.28 bits per heavy atom. The number of halogens is 1. The maximum absolute atomic E-state index is 13.4. The van der Waals surface area contributed by atoms with Gasteiger partial charge in [-0.25, -0.2) is 12.8 Å².